The zero-order valence-corrected chi connectivity index (χ0v) is 42.9. The predicted molar refractivity (Wildman–Crippen MR) is 268 cm³/mol. The summed E-state index contributed by atoms with van der Waals surface area (Å²) in [7, 11) is 3.74. The molecule has 4 fully saturated rings. The Hall–Kier alpha value is -5.71. The van der Waals surface area contributed by atoms with Crippen LogP contribution in [0.1, 0.15) is 82.7 Å². The van der Waals surface area contributed by atoms with Gasteiger partial charge in [0, 0.05) is 98.9 Å². The van der Waals surface area contributed by atoms with Crippen molar-refractivity contribution >= 4 is 51.8 Å². The van der Waals surface area contributed by atoms with Gasteiger partial charge in [-0.3, -0.25) is 38.9 Å². The number of fused-ring (bicyclic) bond motifs is 6. The number of pyridine rings is 1. The van der Waals surface area contributed by atoms with Gasteiger partial charge in [0.2, 0.25) is 11.8 Å². The normalized spacial score (nSPS) is 23.9. The number of hydrogen-bond donors (Lipinski definition) is 2. The van der Waals surface area contributed by atoms with Gasteiger partial charge in [-0.1, -0.05) is 39.7 Å². The molecule has 1 aromatic carbocycles. The lowest BCUT2D eigenvalue weighted by molar-refractivity contribution is -0.155. The molecular weight excluding hydrogens is 923 g/mol. The largest absolute Gasteiger partial charge is 0.464 e. The van der Waals surface area contributed by atoms with Crippen LogP contribution in [-0.2, 0) is 58.1 Å². The van der Waals surface area contributed by atoms with Crippen molar-refractivity contribution in [2.45, 2.75) is 97.4 Å². The zero-order valence-electron chi connectivity index (χ0n) is 42.0. The molecule has 3 aromatic heterocycles. The number of nitrogens with zero attached hydrogens (tertiary/aromatic N) is 7. The number of aromatic nitrogens is 3. The monoisotopic (exact) mass is 989 g/mol. The summed E-state index contributed by atoms with van der Waals surface area (Å²) in [6, 6.07) is 7.57. The zero-order chi connectivity index (χ0) is 50.2. The lowest BCUT2D eigenvalue weighted by atomic mass is 9.84. The van der Waals surface area contributed by atoms with E-state index in [-0.39, 0.29) is 43.4 Å². The van der Waals surface area contributed by atoms with Gasteiger partial charge in [-0.05, 0) is 80.7 Å². The maximum atomic E-state index is 14.8. The van der Waals surface area contributed by atoms with Crippen LogP contribution in [0.2, 0.25) is 0 Å². The number of esters is 1. The number of thiazole rings is 1. The topological polar surface area (TPSA) is 181 Å². The SMILES string of the molecule is CO[C@@H](C)c1ncccc1-c1c2c3cc(ccc3n1C)-c1csc(n1)C[C@H](NC(=O)[C@H](C(C)C)N1CCC3(CCN(C(=O)C#CCN4CCOCC4)C3)C1=O)C(=O)N1CCC[C@H](N1)C(=O)OCC(C)(C)C2. The third-order valence-corrected chi connectivity index (χ3v) is 15.9. The standard InChI is InChI=1S/C53H67N9O8S/c1-33(2)46(61-22-17-53(51(61)67)16-21-60(31-53)44(63)13-10-19-59-23-25-69-26-24-59)48(64)56-40-28-43-55-41(30-71-43)35-14-15-42-37(27-35)38(47(58(42)6)36-11-8-18-54-45(36)34(3)68-7)29-52(4,5)32-70-50(66)39-12-9-20-62(57-39)49(40)65/h8,11,14-15,18,27,30,33-34,39-40,46,57H,9,12,16-17,19-26,28-29,31-32H2,1-7H3,(H,56,64)/t34-,39-,40-,46-,53?/m0/s1. The summed E-state index contributed by atoms with van der Waals surface area (Å²) in [5.74, 6) is 3.70. The van der Waals surface area contributed by atoms with Crippen molar-refractivity contribution in [1.82, 2.24) is 45.0 Å². The summed E-state index contributed by atoms with van der Waals surface area (Å²) in [6.45, 7) is 14.7. The van der Waals surface area contributed by atoms with Gasteiger partial charge < -0.3 is 33.9 Å². The molecule has 9 rings (SSSR count). The number of methoxy groups -OCH3 is 1. The van der Waals surface area contributed by atoms with E-state index in [1.165, 1.54) is 16.3 Å². The van der Waals surface area contributed by atoms with E-state index in [0.29, 0.717) is 76.5 Å². The van der Waals surface area contributed by atoms with Crippen LogP contribution < -0.4 is 10.7 Å². The van der Waals surface area contributed by atoms with Gasteiger partial charge in [0.1, 0.15) is 18.1 Å². The number of amides is 4. The number of aryl methyl sites for hydroxylation is 1. The van der Waals surface area contributed by atoms with Gasteiger partial charge in [-0.15, -0.1) is 11.3 Å². The Bertz CT molecular complexity index is 2750. The van der Waals surface area contributed by atoms with E-state index >= 15 is 0 Å². The quantitative estimate of drug-likeness (QED) is 0.186. The number of rotatable bonds is 8. The minimum atomic E-state index is -1.08. The molecule has 4 amide bonds. The molecule has 4 aromatic rings. The highest BCUT2D eigenvalue weighted by Gasteiger charge is 2.54. The number of benzene rings is 1. The summed E-state index contributed by atoms with van der Waals surface area (Å²) in [5.41, 5.74) is 8.34. The van der Waals surface area contributed by atoms with E-state index in [1.54, 1.807) is 23.1 Å². The smallest absolute Gasteiger partial charge is 0.324 e. The number of morpholine rings is 1. The molecule has 1 spiro atoms. The highest BCUT2D eigenvalue weighted by atomic mass is 32.1. The first kappa shape index (κ1) is 50.2. The molecule has 5 aliphatic rings. The number of hydrogen-bond acceptors (Lipinski definition) is 13. The Labute approximate surface area is 419 Å². The molecule has 6 bridgehead atoms. The van der Waals surface area contributed by atoms with Crippen molar-refractivity contribution in [3.8, 4) is 34.4 Å². The molecule has 1 unspecified atom stereocenters. The first-order chi connectivity index (χ1) is 34.1. The maximum absolute atomic E-state index is 14.8. The van der Waals surface area contributed by atoms with Crippen molar-refractivity contribution in [3.05, 3.63) is 58.2 Å². The Morgan fingerprint density at radius 3 is 2.62 bits per heavy atom. The number of ether oxygens (including phenoxy) is 3. The van der Waals surface area contributed by atoms with Crippen LogP contribution in [0.5, 0.6) is 0 Å². The molecule has 18 heteroatoms. The fourth-order valence-electron chi connectivity index (χ4n) is 11.0. The summed E-state index contributed by atoms with van der Waals surface area (Å²) in [5, 5.41) is 8.16. The second kappa shape index (κ2) is 20.8. The number of carbonyl (C=O) groups excluding carboxylic acids is 5. The van der Waals surface area contributed by atoms with Gasteiger partial charge in [0.05, 0.1) is 60.0 Å². The maximum Gasteiger partial charge on any atom is 0.324 e. The first-order valence-electron chi connectivity index (χ1n) is 25.0. The third kappa shape index (κ3) is 10.3. The molecule has 8 heterocycles. The predicted octanol–water partition coefficient (Wildman–Crippen LogP) is 4.53. The van der Waals surface area contributed by atoms with Crippen LogP contribution in [0, 0.1) is 28.6 Å². The molecular formula is C53H67N9O8S. The highest BCUT2D eigenvalue weighted by Crippen LogP contribution is 2.43. The van der Waals surface area contributed by atoms with Crippen LogP contribution in [0.25, 0.3) is 33.4 Å². The molecule has 378 valence electrons. The second-order valence-corrected chi connectivity index (χ2v) is 21.9. The van der Waals surface area contributed by atoms with Gasteiger partial charge in [-0.25, -0.2) is 10.4 Å². The van der Waals surface area contributed by atoms with Gasteiger partial charge >= 0.3 is 5.97 Å². The Balaban J connectivity index is 1.000. The van der Waals surface area contributed by atoms with Gasteiger partial charge in [0.15, 0.2) is 0 Å². The highest BCUT2D eigenvalue weighted by molar-refractivity contribution is 7.10. The van der Waals surface area contributed by atoms with Crippen molar-refractivity contribution < 1.29 is 38.2 Å². The fourth-order valence-corrected chi connectivity index (χ4v) is 11.9. The Kier molecular flexibility index (Phi) is 14.7. The number of carbonyl (C=O) groups is 5. The average molecular weight is 990 g/mol. The molecule has 4 saturated heterocycles. The first-order valence-corrected chi connectivity index (χ1v) is 25.9. The fraction of sp³-hybridized carbons (Fsp3) is 0.566. The molecule has 0 saturated carbocycles. The summed E-state index contributed by atoms with van der Waals surface area (Å²) in [6.07, 6.45) is 4.15. The lowest BCUT2D eigenvalue weighted by Crippen LogP contribution is -2.62. The van der Waals surface area contributed by atoms with Crippen molar-refractivity contribution in [2.75, 3.05) is 72.7 Å². The van der Waals surface area contributed by atoms with E-state index in [4.69, 9.17) is 24.2 Å². The lowest BCUT2D eigenvalue weighted by Gasteiger charge is -2.36. The van der Waals surface area contributed by atoms with Gasteiger partial charge in [0.25, 0.3) is 11.8 Å². The van der Waals surface area contributed by atoms with E-state index < -0.39 is 46.7 Å². The number of nitrogens with one attached hydrogen (secondary N) is 2. The second-order valence-electron chi connectivity index (χ2n) is 21.0. The molecule has 0 aliphatic carbocycles. The molecule has 17 nitrogen and oxygen atoms in total. The average Bonchev–Trinajstić information content (AvgIpc) is 4.16. The van der Waals surface area contributed by atoms with E-state index in [9.17, 15) is 24.0 Å². The Morgan fingerprint density at radius 2 is 1.85 bits per heavy atom. The molecule has 5 aliphatic heterocycles. The van der Waals surface area contributed by atoms with E-state index in [1.807, 2.05) is 32.2 Å². The van der Waals surface area contributed by atoms with Crippen molar-refractivity contribution in [3.63, 3.8) is 0 Å². The minimum absolute atomic E-state index is 0.0769. The summed E-state index contributed by atoms with van der Waals surface area (Å²) < 4.78 is 19.5. The van der Waals surface area contributed by atoms with Crippen molar-refractivity contribution in [1.29, 1.82) is 0 Å². The van der Waals surface area contributed by atoms with Crippen LogP contribution in [0.15, 0.2) is 41.9 Å². The molecule has 2 N–H and O–H groups in total. The van der Waals surface area contributed by atoms with Crippen LogP contribution in [0.4, 0.5) is 0 Å². The van der Waals surface area contributed by atoms with Crippen LogP contribution >= 0.6 is 11.3 Å². The van der Waals surface area contributed by atoms with Crippen LogP contribution in [0.3, 0.4) is 0 Å². The van der Waals surface area contributed by atoms with Crippen molar-refractivity contribution in [2.24, 2.45) is 23.8 Å². The number of hydrazine groups is 1. The molecule has 71 heavy (non-hydrogen) atoms. The molecule has 5 atom stereocenters. The van der Waals surface area contributed by atoms with Crippen LogP contribution in [-0.4, -0.2) is 155 Å². The van der Waals surface area contributed by atoms with E-state index in [2.05, 4.69) is 77.2 Å². The Morgan fingerprint density at radius 1 is 1.06 bits per heavy atom. The number of cyclic esters (lactones) is 1. The summed E-state index contributed by atoms with van der Waals surface area (Å²) in [4.78, 5) is 86.5. The van der Waals surface area contributed by atoms with E-state index in [0.717, 1.165) is 57.8 Å². The third-order valence-electron chi connectivity index (χ3n) is 15.0. The van der Waals surface area contributed by atoms with Gasteiger partial charge in [-0.2, -0.15) is 0 Å². The summed E-state index contributed by atoms with van der Waals surface area (Å²) >= 11 is 1.41. The molecule has 0 radical (unpaired) electrons. The number of likely N-dealkylation sites (tertiary alicyclic amines) is 2. The minimum Gasteiger partial charge on any atom is -0.464 e.